The van der Waals surface area contributed by atoms with Gasteiger partial charge in [0.25, 0.3) is 0 Å². The van der Waals surface area contributed by atoms with Crippen LogP contribution in [0.4, 0.5) is 0 Å². The fourth-order valence-corrected chi connectivity index (χ4v) is 4.89. The van der Waals surface area contributed by atoms with E-state index in [0.717, 1.165) is 78.9 Å². The molecule has 1 amide bonds. The number of fused-ring (bicyclic) bond motifs is 1. The van der Waals surface area contributed by atoms with Gasteiger partial charge < -0.3 is 4.90 Å². The molecule has 164 valence electrons. The molecular formula is C25H31BrN4O. The number of rotatable bonds is 7. The van der Waals surface area contributed by atoms with Gasteiger partial charge in [-0.2, -0.15) is 0 Å². The maximum Gasteiger partial charge on any atom is 0.226 e. The number of carbonyl (C=O) groups excluding carboxylic acids is 1. The van der Waals surface area contributed by atoms with Crippen LogP contribution in [0.2, 0.25) is 0 Å². The number of aromatic nitrogens is 2. The van der Waals surface area contributed by atoms with Crippen LogP contribution < -0.4 is 0 Å². The molecular weight excluding hydrogens is 452 g/mol. The summed E-state index contributed by atoms with van der Waals surface area (Å²) in [5.74, 6) is 1.39. The Kier molecular flexibility index (Phi) is 7.08. The average Bonchev–Trinajstić information content (AvgIpc) is 3.14. The van der Waals surface area contributed by atoms with E-state index in [2.05, 4.69) is 68.7 Å². The zero-order chi connectivity index (χ0) is 21.8. The number of unbranched alkanes of at least 4 members (excludes halogenated alkanes) is 1. The van der Waals surface area contributed by atoms with Crippen LogP contribution in [0.25, 0.3) is 16.7 Å². The number of para-hydroxylation sites is 2. The van der Waals surface area contributed by atoms with Crippen molar-refractivity contribution in [3.8, 4) is 5.69 Å². The fraction of sp³-hybridized carbons (Fsp3) is 0.440. The fourth-order valence-electron chi connectivity index (χ4n) is 4.50. The second-order valence-electron chi connectivity index (χ2n) is 8.52. The third kappa shape index (κ3) is 5.01. The first-order valence-electron chi connectivity index (χ1n) is 11.3. The zero-order valence-electron chi connectivity index (χ0n) is 18.4. The van der Waals surface area contributed by atoms with Crippen LogP contribution in [0.3, 0.4) is 0 Å². The van der Waals surface area contributed by atoms with Crippen LogP contribution in [0.5, 0.6) is 0 Å². The average molecular weight is 483 g/mol. The minimum absolute atomic E-state index is 0.0827. The van der Waals surface area contributed by atoms with E-state index in [0.29, 0.717) is 5.91 Å². The molecule has 0 N–H and O–H groups in total. The molecule has 6 heteroatoms. The molecule has 1 fully saturated rings. The van der Waals surface area contributed by atoms with E-state index in [-0.39, 0.29) is 5.92 Å². The topological polar surface area (TPSA) is 41.4 Å². The van der Waals surface area contributed by atoms with Gasteiger partial charge in [0.15, 0.2) is 0 Å². The third-order valence-electron chi connectivity index (χ3n) is 6.14. The standard InChI is InChI=1S/C25H31BrN4O/c1-3-4-14-28(2)25(31)19-9-8-15-29(17-19)18-24-27-22-12-5-6-13-23(22)30(24)21-11-7-10-20(26)16-21/h5-7,10-13,16,19H,3-4,8-9,14-15,17-18H2,1-2H3/t19-/m0/s1. The molecule has 0 bridgehead atoms. The maximum absolute atomic E-state index is 12.9. The molecule has 31 heavy (non-hydrogen) atoms. The molecule has 1 aliphatic rings. The largest absolute Gasteiger partial charge is 0.345 e. The summed E-state index contributed by atoms with van der Waals surface area (Å²) in [5, 5.41) is 0. The Labute approximate surface area is 193 Å². The van der Waals surface area contributed by atoms with Crippen LogP contribution in [-0.4, -0.2) is 51.9 Å². The molecule has 0 radical (unpaired) electrons. The molecule has 1 aliphatic heterocycles. The Morgan fingerprint density at radius 1 is 1.23 bits per heavy atom. The summed E-state index contributed by atoms with van der Waals surface area (Å²) in [6, 6.07) is 16.6. The van der Waals surface area contributed by atoms with E-state index < -0.39 is 0 Å². The van der Waals surface area contributed by atoms with E-state index >= 15 is 0 Å². The lowest BCUT2D eigenvalue weighted by molar-refractivity contribution is -0.136. The third-order valence-corrected chi connectivity index (χ3v) is 6.63. The van der Waals surface area contributed by atoms with E-state index in [4.69, 9.17) is 4.98 Å². The molecule has 0 saturated carbocycles. The molecule has 5 nitrogen and oxygen atoms in total. The highest BCUT2D eigenvalue weighted by molar-refractivity contribution is 9.10. The summed E-state index contributed by atoms with van der Waals surface area (Å²) >= 11 is 3.60. The van der Waals surface area contributed by atoms with Crippen molar-refractivity contribution < 1.29 is 4.79 Å². The van der Waals surface area contributed by atoms with Crippen LogP contribution >= 0.6 is 15.9 Å². The minimum atomic E-state index is 0.0827. The monoisotopic (exact) mass is 482 g/mol. The zero-order valence-corrected chi connectivity index (χ0v) is 20.0. The Bertz CT molecular complexity index is 1050. The van der Waals surface area contributed by atoms with E-state index in [9.17, 15) is 4.79 Å². The first-order chi connectivity index (χ1) is 15.1. The lowest BCUT2D eigenvalue weighted by atomic mass is 9.96. The van der Waals surface area contributed by atoms with Gasteiger partial charge in [0.1, 0.15) is 5.82 Å². The van der Waals surface area contributed by atoms with Crippen molar-refractivity contribution in [3.63, 3.8) is 0 Å². The molecule has 2 heterocycles. The number of piperidine rings is 1. The van der Waals surface area contributed by atoms with Gasteiger partial charge in [0, 0.05) is 30.3 Å². The van der Waals surface area contributed by atoms with Crippen LogP contribution in [0.1, 0.15) is 38.4 Å². The highest BCUT2D eigenvalue weighted by Gasteiger charge is 2.28. The van der Waals surface area contributed by atoms with Crippen molar-refractivity contribution in [2.45, 2.75) is 39.2 Å². The maximum atomic E-state index is 12.9. The van der Waals surface area contributed by atoms with Gasteiger partial charge >= 0.3 is 0 Å². The van der Waals surface area contributed by atoms with Gasteiger partial charge in [0.05, 0.1) is 23.5 Å². The highest BCUT2D eigenvalue weighted by Crippen LogP contribution is 2.26. The number of likely N-dealkylation sites (tertiary alicyclic amines) is 1. The van der Waals surface area contributed by atoms with Crippen LogP contribution in [0, 0.1) is 5.92 Å². The van der Waals surface area contributed by atoms with Crippen LogP contribution in [-0.2, 0) is 11.3 Å². The number of imidazole rings is 1. The molecule has 4 rings (SSSR count). The van der Waals surface area contributed by atoms with Crippen molar-refractivity contribution in [2.24, 2.45) is 5.92 Å². The van der Waals surface area contributed by atoms with Crippen molar-refractivity contribution >= 4 is 32.9 Å². The summed E-state index contributed by atoms with van der Waals surface area (Å²) in [5.41, 5.74) is 3.21. The summed E-state index contributed by atoms with van der Waals surface area (Å²) in [4.78, 5) is 22.2. The quantitative estimate of drug-likeness (QED) is 0.461. The first kappa shape index (κ1) is 22.0. The predicted octanol–water partition coefficient (Wildman–Crippen LogP) is 5.26. The minimum Gasteiger partial charge on any atom is -0.345 e. The van der Waals surface area contributed by atoms with E-state index in [1.54, 1.807) is 0 Å². The van der Waals surface area contributed by atoms with Gasteiger partial charge in [-0.1, -0.05) is 47.5 Å². The molecule has 0 aliphatic carbocycles. The predicted molar refractivity (Wildman–Crippen MR) is 129 cm³/mol. The van der Waals surface area contributed by atoms with Gasteiger partial charge in [-0.15, -0.1) is 0 Å². The molecule has 1 atom stereocenters. The smallest absolute Gasteiger partial charge is 0.226 e. The number of amides is 1. The van der Waals surface area contributed by atoms with Gasteiger partial charge in [-0.05, 0) is 56.1 Å². The summed E-state index contributed by atoms with van der Waals surface area (Å²) in [6.45, 7) is 5.56. The normalized spacial score (nSPS) is 17.2. The number of nitrogens with zero attached hydrogens (tertiary/aromatic N) is 4. The SMILES string of the molecule is CCCCN(C)C(=O)[C@H]1CCCN(Cc2nc3ccccc3n2-c2cccc(Br)c2)C1. The van der Waals surface area contributed by atoms with Crippen molar-refractivity contribution in [3.05, 3.63) is 58.8 Å². The lowest BCUT2D eigenvalue weighted by Crippen LogP contribution is -2.43. The highest BCUT2D eigenvalue weighted by atomic mass is 79.9. The number of hydrogen-bond donors (Lipinski definition) is 0. The van der Waals surface area contributed by atoms with Crippen molar-refractivity contribution in [1.82, 2.24) is 19.4 Å². The number of carbonyl (C=O) groups is 1. The summed E-state index contributed by atoms with van der Waals surface area (Å²) in [7, 11) is 1.95. The molecule has 0 spiro atoms. The molecule has 0 unspecified atom stereocenters. The summed E-state index contributed by atoms with van der Waals surface area (Å²) in [6.07, 6.45) is 4.21. The molecule has 1 aromatic heterocycles. The number of halogens is 1. The van der Waals surface area contributed by atoms with E-state index in [1.165, 1.54) is 0 Å². The Morgan fingerprint density at radius 2 is 2.06 bits per heavy atom. The van der Waals surface area contributed by atoms with Crippen LogP contribution in [0.15, 0.2) is 53.0 Å². The van der Waals surface area contributed by atoms with Gasteiger partial charge in [-0.3, -0.25) is 14.3 Å². The second kappa shape index (κ2) is 9.96. The molecule has 3 aromatic rings. The van der Waals surface area contributed by atoms with Gasteiger partial charge in [0.2, 0.25) is 5.91 Å². The first-order valence-corrected chi connectivity index (χ1v) is 12.1. The Hall–Kier alpha value is -2.18. The number of benzene rings is 2. The van der Waals surface area contributed by atoms with Crippen molar-refractivity contribution in [2.75, 3.05) is 26.7 Å². The van der Waals surface area contributed by atoms with Gasteiger partial charge in [-0.25, -0.2) is 4.98 Å². The Balaban J connectivity index is 1.57. The second-order valence-corrected chi connectivity index (χ2v) is 9.44. The lowest BCUT2D eigenvalue weighted by Gasteiger charge is -2.33. The van der Waals surface area contributed by atoms with Crippen molar-refractivity contribution in [1.29, 1.82) is 0 Å². The summed E-state index contributed by atoms with van der Waals surface area (Å²) < 4.78 is 3.30. The molecule has 1 saturated heterocycles. The van der Waals surface area contributed by atoms with E-state index in [1.807, 2.05) is 24.1 Å². The molecule has 2 aromatic carbocycles. The Morgan fingerprint density at radius 3 is 2.87 bits per heavy atom. The number of hydrogen-bond acceptors (Lipinski definition) is 3.